The molecule has 0 unspecified atom stereocenters. The van der Waals surface area contributed by atoms with Crippen molar-refractivity contribution in [2.24, 2.45) is 12.0 Å². The first kappa shape index (κ1) is 21.4. The normalized spacial score (nSPS) is 14.6. The Hall–Kier alpha value is -3.81. The topological polar surface area (TPSA) is 75.0 Å². The van der Waals surface area contributed by atoms with Crippen LogP contribution in [-0.2, 0) is 25.0 Å². The lowest BCUT2D eigenvalue weighted by Gasteiger charge is -2.35. The van der Waals surface area contributed by atoms with E-state index in [1.54, 1.807) is 22.8 Å². The number of hydrogen-bond donors (Lipinski definition) is 1. The van der Waals surface area contributed by atoms with Gasteiger partial charge in [0.2, 0.25) is 5.91 Å². The minimum Gasteiger partial charge on any atom is -0.489 e. The fraction of sp³-hybridized carbons (Fsp3) is 0.292. The molecule has 1 aliphatic heterocycles. The molecule has 2 heterocycles. The monoisotopic (exact) mass is 432 g/mol. The SMILES string of the molecule is CN=C(NCc1cccc(OCc2ccccc2)c1)N1CCN(c2cnn(C)c2)C(=O)C1. The Kier molecular flexibility index (Phi) is 6.69. The van der Waals surface area contributed by atoms with E-state index in [9.17, 15) is 4.79 Å². The summed E-state index contributed by atoms with van der Waals surface area (Å²) >= 11 is 0. The number of rotatable bonds is 6. The Bertz CT molecular complexity index is 1080. The van der Waals surface area contributed by atoms with Crippen LogP contribution in [0.5, 0.6) is 5.75 Å². The quantitative estimate of drug-likeness (QED) is 0.478. The number of guanidine groups is 1. The number of aromatic nitrogens is 2. The van der Waals surface area contributed by atoms with Gasteiger partial charge in [0.1, 0.15) is 18.9 Å². The zero-order chi connectivity index (χ0) is 22.3. The number of anilines is 1. The minimum atomic E-state index is 0.0310. The molecule has 1 fully saturated rings. The number of benzene rings is 2. The van der Waals surface area contributed by atoms with Crippen LogP contribution < -0.4 is 15.0 Å². The van der Waals surface area contributed by atoms with Crippen LogP contribution in [0.4, 0.5) is 5.69 Å². The molecule has 32 heavy (non-hydrogen) atoms. The zero-order valence-corrected chi connectivity index (χ0v) is 18.4. The van der Waals surface area contributed by atoms with Gasteiger partial charge >= 0.3 is 0 Å². The molecule has 1 amide bonds. The number of amides is 1. The smallest absolute Gasteiger partial charge is 0.246 e. The predicted octanol–water partition coefficient (Wildman–Crippen LogP) is 2.42. The number of nitrogens with zero attached hydrogens (tertiary/aromatic N) is 5. The molecule has 1 saturated heterocycles. The molecule has 3 aromatic rings. The van der Waals surface area contributed by atoms with E-state index in [1.165, 1.54) is 0 Å². The van der Waals surface area contributed by atoms with Crippen molar-refractivity contribution >= 4 is 17.6 Å². The predicted molar refractivity (Wildman–Crippen MR) is 125 cm³/mol. The van der Waals surface area contributed by atoms with E-state index in [-0.39, 0.29) is 12.5 Å². The first-order chi connectivity index (χ1) is 15.6. The molecule has 1 N–H and O–H groups in total. The summed E-state index contributed by atoms with van der Waals surface area (Å²) in [6, 6.07) is 18.1. The van der Waals surface area contributed by atoms with Crippen LogP contribution in [0.25, 0.3) is 0 Å². The van der Waals surface area contributed by atoms with Gasteiger partial charge in [0, 0.05) is 39.9 Å². The average Bonchev–Trinajstić information content (AvgIpc) is 3.25. The van der Waals surface area contributed by atoms with Crippen LogP contribution in [0, 0.1) is 0 Å². The van der Waals surface area contributed by atoms with Gasteiger partial charge in [-0.2, -0.15) is 5.10 Å². The summed E-state index contributed by atoms with van der Waals surface area (Å²) in [6.45, 7) is 2.68. The number of piperazine rings is 1. The fourth-order valence-corrected chi connectivity index (χ4v) is 3.67. The molecule has 2 aromatic carbocycles. The molecule has 0 radical (unpaired) electrons. The van der Waals surface area contributed by atoms with Crippen LogP contribution >= 0.6 is 0 Å². The van der Waals surface area contributed by atoms with Crippen molar-refractivity contribution in [2.45, 2.75) is 13.2 Å². The van der Waals surface area contributed by atoms with Crippen LogP contribution in [-0.4, -0.2) is 53.2 Å². The van der Waals surface area contributed by atoms with Crippen LogP contribution in [0.3, 0.4) is 0 Å². The molecule has 1 aliphatic rings. The van der Waals surface area contributed by atoms with Gasteiger partial charge in [-0.15, -0.1) is 0 Å². The average molecular weight is 433 g/mol. The van der Waals surface area contributed by atoms with Gasteiger partial charge in [-0.05, 0) is 23.3 Å². The Labute approximate surface area is 188 Å². The summed E-state index contributed by atoms with van der Waals surface area (Å²) < 4.78 is 7.63. The highest BCUT2D eigenvalue weighted by molar-refractivity contribution is 5.98. The van der Waals surface area contributed by atoms with E-state index < -0.39 is 0 Å². The molecule has 1 aromatic heterocycles. The number of carbonyl (C=O) groups is 1. The van der Waals surface area contributed by atoms with E-state index in [2.05, 4.69) is 15.4 Å². The molecule has 0 bridgehead atoms. The molecular formula is C24H28N6O2. The van der Waals surface area contributed by atoms with Gasteiger partial charge in [0.05, 0.1) is 11.9 Å². The van der Waals surface area contributed by atoms with Crippen LogP contribution in [0.2, 0.25) is 0 Å². The minimum absolute atomic E-state index is 0.0310. The lowest BCUT2D eigenvalue weighted by Crippen LogP contribution is -2.55. The Morgan fingerprint density at radius 2 is 1.94 bits per heavy atom. The number of nitrogens with one attached hydrogen (secondary N) is 1. The van der Waals surface area contributed by atoms with Crippen molar-refractivity contribution in [3.63, 3.8) is 0 Å². The summed E-state index contributed by atoms with van der Waals surface area (Å²) in [4.78, 5) is 20.8. The van der Waals surface area contributed by atoms with Crippen LogP contribution in [0.15, 0.2) is 72.0 Å². The van der Waals surface area contributed by atoms with Crippen molar-refractivity contribution in [1.82, 2.24) is 20.0 Å². The molecule has 0 atom stereocenters. The summed E-state index contributed by atoms with van der Waals surface area (Å²) in [7, 11) is 3.58. The summed E-state index contributed by atoms with van der Waals surface area (Å²) in [5, 5.41) is 7.53. The number of ether oxygens (including phenoxy) is 1. The number of carbonyl (C=O) groups excluding carboxylic acids is 1. The number of aliphatic imine (C=N–C) groups is 1. The van der Waals surface area contributed by atoms with E-state index in [0.717, 1.165) is 22.6 Å². The van der Waals surface area contributed by atoms with E-state index >= 15 is 0 Å². The largest absolute Gasteiger partial charge is 0.489 e. The maximum absolute atomic E-state index is 12.7. The van der Waals surface area contributed by atoms with Crippen molar-refractivity contribution in [3.05, 3.63) is 78.1 Å². The van der Waals surface area contributed by atoms with E-state index in [4.69, 9.17) is 4.74 Å². The maximum atomic E-state index is 12.7. The fourth-order valence-electron chi connectivity index (χ4n) is 3.67. The van der Waals surface area contributed by atoms with E-state index in [0.29, 0.717) is 32.2 Å². The van der Waals surface area contributed by atoms with Gasteiger partial charge in [-0.1, -0.05) is 42.5 Å². The van der Waals surface area contributed by atoms with Crippen molar-refractivity contribution < 1.29 is 9.53 Å². The van der Waals surface area contributed by atoms with Gasteiger partial charge in [0.25, 0.3) is 0 Å². The molecule has 166 valence electrons. The summed E-state index contributed by atoms with van der Waals surface area (Å²) in [6.07, 6.45) is 3.57. The second-order valence-electron chi connectivity index (χ2n) is 7.66. The van der Waals surface area contributed by atoms with Gasteiger partial charge < -0.3 is 19.9 Å². The van der Waals surface area contributed by atoms with Gasteiger partial charge in [-0.3, -0.25) is 14.5 Å². The van der Waals surface area contributed by atoms with Gasteiger partial charge in [0.15, 0.2) is 5.96 Å². The molecule has 4 rings (SSSR count). The molecule has 0 spiro atoms. The second kappa shape index (κ2) is 10.00. The molecule has 0 saturated carbocycles. The maximum Gasteiger partial charge on any atom is 0.246 e. The lowest BCUT2D eigenvalue weighted by atomic mass is 10.2. The Morgan fingerprint density at radius 1 is 1.12 bits per heavy atom. The molecule has 8 heteroatoms. The Morgan fingerprint density at radius 3 is 2.66 bits per heavy atom. The zero-order valence-electron chi connectivity index (χ0n) is 18.4. The first-order valence-electron chi connectivity index (χ1n) is 10.6. The lowest BCUT2D eigenvalue weighted by molar-refractivity contribution is -0.120. The Balaban J connectivity index is 1.31. The highest BCUT2D eigenvalue weighted by Crippen LogP contribution is 2.17. The number of hydrogen-bond acceptors (Lipinski definition) is 4. The summed E-state index contributed by atoms with van der Waals surface area (Å²) in [5.74, 6) is 1.56. The highest BCUT2D eigenvalue weighted by atomic mass is 16.5. The first-order valence-corrected chi connectivity index (χ1v) is 10.6. The molecular weight excluding hydrogens is 404 g/mol. The third kappa shape index (κ3) is 5.26. The molecule has 8 nitrogen and oxygen atoms in total. The molecule has 0 aliphatic carbocycles. The van der Waals surface area contributed by atoms with E-state index in [1.807, 2.05) is 72.7 Å². The van der Waals surface area contributed by atoms with Crippen molar-refractivity contribution in [1.29, 1.82) is 0 Å². The number of aryl methyl sites for hydroxylation is 1. The van der Waals surface area contributed by atoms with Crippen molar-refractivity contribution in [2.75, 3.05) is 31.6 Å². The highest BCUT2D eigenvalue weighted by Gasteiger charge is 2.27. The standard InChI is InChI=1S/C24H28N6O2/c1-25-24(29-11-12-30(23(31)17-29)21-15-27-28(2)16-21)26-14-20-9-6-10-22(13-20)32-18-19-7-4-3-5-8-19/h3-10,13,15-16H,11-12,14,17-18H2,1-2H3,(H,25,26). The third-order valence-electron chi connectivity index (χ3n) is 5.33. The van der Waals surface area contributed by atoms with Gasteiger partial charge in [-0.25, -0.2) is 0 Å². The van der Waals surface area contributed by atoms with Crippen molar-refractivity contribution in [3.8, 4) is 5.75 Å². The summed E-state index contributed by atoms with van der Waals surface area (Å²) in [5.41, 5.74) is 3.04. The van der Waals surface area contributed by atoms with Crippen LogP contribution in [0.1, 0.15) is 11.1 Å². The third-order valence-corrected chi connectivity index (χ3v) is 5.33. The second-order valence-corrected chi connectivity index (χ2v) is 7.66.